The summed E-state index contributed by atoms with van der Waals surface area (Å²) >= 11 is 0. The van der Waals surface area contributed by atoms with E-state index in [1.807, 2.05) is 0 Å². The molecule has 0 aromatic heterocycles. The Morgan fingerprint density at radius 3 is 1.20 bits per heavy atom. The van der Waals surface area contributed by atoms with Crippen molar-refractivity contribution < 1.29 is 0 Å². The van der Waals surface area contributed by atoms with Crippen molar-refractivity contribution >= 4 is 7.92 Å². The van der Waals surface area contributed by atoms with E-state index in [4.69, 9.17) is 0 Å². The summed E-state index contributed by atoms with van der Waals surface area (Å²) in [5, 5.41) is 0. The molecule has 0 aromatic rings. The molecule has 0 nitrogen and oxygen atoms in total. The second-order valence-corrected chi connectivity index (χ2v) is 7.32. The first-order valence-corrected chi connectivity index (χ1v) is 5.53. The molecule has 0 spiro atoms. The van der Waals surface area contributed by atoms with Gasteiger partial charge in [0.1, 0.15) is 0 Å². The van der Waals surface area contributed by atoms with Crippen LogP contribution in [0.2, 0.25) is 0 Å². The SMILES string of the molecule is C[C-](C)P(C(C)C)C(C)C. The second kappa shape index (κ2) is 4.34. The van der Waals surface area contributed by atoms with E-state index in [0.29, 0.717) is 0 Å². The summed E-state index contributed by atoms with van der Waals surface area (Å²) in [5.41, 5.74) is 3.36. The first kappa shape index (κ1) is 10.4. The molecule has 0 aliphatic rings. The molecule has 0 bridgehead atoms. The highest BCUT2D eigenvalue weighted by Gasteiger charge is 2.08. The van der Waals surface area contributed by atoms with Crippen LogP contribution in [0, 0.1) is 5.66 Å². The summed E-state index contributed by atoms with van der Waals surface area (Å²) in [6.45, 7) is 13.9. The van der Waals surface area contributed by atoms with Crippen molar-refractivity contribution in [1.82, 2.24) is 0 Å². The number of hydrogen-bond acceptors (Lipinski definition) is 0. The summed E-state index contributed by atoms with van der Waals surface area (Å²) in [6, 6.07) is 0. The van der Waals surface area contributed by atoms with Crippen LogP contribution in [0.25, 0.3) is 0 Å². The fraction of sp³-hybridized carbons (Fsp3) is 0.889. The van der Waals surface area contributed by atoms with Gasteiger partial charge in [0.15, 0.2) is 0 Å². The molecule has 0 fully saturated rings. The lowest BCUT2D eigenvalue weighted by molar-refractivity contribution is 0.995. The van der Waals surface area contributed by atoms with Crippen LogP contribution in [0.5, 0.6) is 0 Å². The van der Waals surface area contributed by atoms with Gasteiger partial charge in [-0.15, -0.1) is 0 Å². The van der Waals surface area contributed by atoms with Crippen LogP contribution in [0.15, 0.2) is 0 Å². The Labute approximate surface area is 67.2 Å². The van der Waals surface area contributed by atoms with E-state index in [2.05, 4.69) is 41.5 Å². The van der Waals surface area contributed by atoms with Gasteiger partial charge in [0, 0.05) is 0 Å². The molecule has 0 amide bonds. The normalized spacial score (nSPS) is 12.6. The predicted octanol–water partition coefficient (Wildman–Crippen LogP) is 3.86. The molecular formula is C9H20P-. The third-order valence-electron chi connectivity index (χ3n) is 1.63. The summed E-state index contributed by atoms with van der Waals surface area (Å²) in [7, 11) is 0.179. The van der Waals surface area contributed by atoms with Gasteiger partial charge in [-0.2, -0.15) is 13.8 Å². The summed E-state index contributed by atoms with van der Waals surface area (Å²) in [5.74, 6) is 0. The van der Waals surface area contributed by atoms with E-state index in [9.17, 15) is 0 Å². The zero-order valence-corrected chi connectivity index (χ0v) is 9.00. The van der Waals surface area contributed by atoms with Gasteiger partial charge in [-0.3, -0.25) is 13.6 Å². The molecule has 0 rings (SSSR count). The molecule has 0 unspecified atom stereocenters. The van der Waals surface area contributed by atoms with Crippen LogP contribution >= 0.6 is 7.92 Å². The number of rotatable bonds is 3. The van der Waals surface area contributed by atoms with Gasteiger partial charge >= 0.3 is 0 Å². The Morgan fingerprint density at radius 1 is 0.900 bits per heavy atom. The average Bonchev–Trinajstić information content (AvgIpc) is 1.59. The maximum absolute atomic E-state index is 2.33. The van der Waals surface area contributed by atoms with Crippen LogP contribution in [-0.4, -0.2) is 11.3 Å². The maximum atomic E-state index is 2.33. The molecule has 0 radical (unpaired) electrons. The summed E-state index contributed by atoms with van der Waals surface area (Å²) in [6.07, 6.45) is 0. The van der Waals surface area contributed by atoms with Crippen LogP contribution in [0.1, 0.15) is 41.5 Å². The first-order valence-electron chi connectivity index (χ1n) is 4.05. The van der Waals surface area contributed by atoms with E-state index >= 15 is 0 Å². The van der Waals surface area contributed by atoms with Crippen LogP contribution in [0.3, 0.4) is 0 Å². The van der Waals surface area contributed by atoms with Crippen molar-refractivity contribution in [3.8, 4) is 0 Å². The van der Waals surface area contributed by atoms with Gasteiger partial charge in [0.05, 0.1) is 0 Å². The lowest BCUT2D eigenvalue weighted by Gasteiger charge is -2.41. The van der Waals surface area contributed by atoms with Gasteiger partial charge in [-0.1, -0.05) is 39.0 Å². The van der Waals surface area contributed by atoms with Gasteiger partial charge in [-0.25, -0.2) is 0 Å². The quantitative estimate of drug-likeness (QED) is 0.433. The fourth-order valence-corrected chi connectivity index (χ4v) is 4.89. The van der Waals surface area contributed by atoms with E-state index in [1.165, 1.54) is 0 Å². The molecule has 0 N–H and O–H groups in total. The minimum atomic E-state index is 0.179. The van der Waals surface area contributed by atoms with Crippen molar-refractivity contribution in [3.63, 3.8) is 0 Å². The van der Waals surface area contributed by atoms with Crippen LogP contribution < -0.4 is 0 Å². The second-order valence-electron chi connectivity index (χ2n) is 3.54. The Bertz CT molecular complexity index is 65.7. The van der Waals surface area contributed by atoms with Crippen LogP contribution in [0.4, 0.5) is 0 Å². The number of hydrogen-bond donors (Lipinski definition) is 0. The lowest BCUT2D eigenvalue weighted by Crippen LogP contribution is -2.06. The molecule has 0 saturated heterocycles. The minimum Gasteiger partial charge on any atom is -0.293 e. The van der Waals surface area contributed by atoms with Gasteiger partial charge in [0.2, 0.25) is 0 Å². The van der Waals surface area contributed by atoms with Crippen molar-refractivity contribution in [3.05, 3.63) is 5.66 Å². The van der Waals surface area contributed by atoms with Gasteiger partial charge < -0.3 is 0 Å². The minimum absolute atomic E-state index is 0.179. The highest BCUT2D eigenvalue weighted by Crippen LogP contribution is 2.54. The Hall–Kier alpha value is 0.430. The molecule has 62 valence electrons. The smallest absolute Gasteiger partial charge is 0.0543 e. The maximum Gasteiger partial charge on any atom is -0.0543 e. The average molecular weight is 159 g/mol. The Kier molecular flexibility index (Phi) is 4.52. The predicted molar refractivity (Wildman–Crippen MR) is 51.8 cm³/mol. The summed E-state index contributed by atoms with van der Waals surface area (Å²) in [4.78, 5) is 0. The van der Waals surface area contributed by atoms with Crippen molar-refractivity contribution in [2.45, 2.75) is 52.9 Å². The molecule has 0 aliphatic carbocycles. The topological polar surface area (TPSA) is 0 Å². The standard InChI is InChI=1S/C9H20P/c1-7(2)10(8(3)4)9(5)6/h7-8H,1-6H3/q-1. The van der Waals surface area contributed by atoms with Crippen molar-refractivity contribution in [1.29, 1.82) is 0 Å². The Balaban J connectivity index is 3.98. The van der Waals surface area contributed by atoms with Gasteiger partial charge in [0.25, 0.3) is 0 Å². The fourth-order valence-electron chi connectivity index (χ4n) is 1.63. The summed E-state index contributed by atoms with van der Waals surface area (Å²) < 4.78 is 0. The zero-order chi connectivity index (χ0) is 8.31. The Morgan fingerprint density at radius 2 is 1.20 bits per heavy atom. The van der Waals surface area contributed by atoms with Crippen LogP contribution in [-0.2, 0) is 0 Å². The van der Waals surface area contributed by atoms with Crippen molar-refractivity contribution in [2.24, 2.45) is 0 Å². The molecule has 10 heavy (non-hydrogen) atoms. The van der Waals surface area contributed by atoms with E-state index in [0.717, 1.165) is 11.3 Å². The molecule has 0 saturated carbocycles. The molecule has 0 heterocycles. The highest BCUT2D eigenvalue weighted by atomic mass is 31.1. The lowest BCUT2D eigenvalue weighted by atomic mass is 10.5. The third-order valence-corrected chi connectivity index (χ3v) is 4.89. The third kappa shape index (κ3) is 3.01. The van der Waals surface area contributed by atoms with E-state index < -0.39 is 0 Å². The monoisotopic (exact) mass is 159 g/mol. The largest absolute Gasteiger partial charge is 0.293 e. The van der Waals surface area contributed by atoms with Gasteiger partial charge in [-0.05, 0) is 0 Å². The molecule has 1 heteroatoms. The van der Waals surface area contributed by atoms with E-state index in [-0.39, 0.29) is 7.92 Å². The zero-order valence-electron chi connectivity index (χ0n) is 8.10. The molecule has 0 aromatic carbocycles. The van der Waals surface area contributed by atoms with Crippen molar-refractivity contribution in [2.75, 3.05) is 0 Å². The highest BCUT2D eigenvalue weighted by molar-refractivity contribution is 7.62. The first-order chi connectivity index (χ1) is 4.46. The van der Waals surface area contributed by atoms with E-state index in [1.54, 1.807) is 5.66 Å². The molecule has 0 atom stereocenters. The molecular weight excluding hydrogens is 139 g/mol. The molecule has 0 aliphatic heterocycles.